The fourth-order valence-electron chi connectivity index (χ4n) is 2.89. The zero-order valence-corrected chi connectivity index (χ0v) is 16.9. The van der Waals surface area contributed by atoms with Crippen LogP contribution < -0.4 is 0 Å². The summed E-state index contributed by atoms with van der Waals surface area (Å²) in [5.74, 6) is 0. The molecule has 4 rings (SSSR count). The van der Waals surface area contributed by atoms with Crippen LogP contribution in [0.1, 0.15) is 5.56 Å². The number of hydrogen-bond donors (Lipinski definition) is 0. The third-order valence-electron chi connectivity index (χ3n) is 4.26. The number of halogens is 1. The van der Waals surface area contributed by atoms with Crippen LogP contribution in [0.25, 0.3) is 22.0 Å². The third-order valence-corrected chi connectivity index (χ3v) is 6.65. The summed E-state index contributed by atoms with van der Waals surface area (Å²) in [5.41, 5.74) is 2.41. The Morgan fingerprint density at radius 2 is 1.62 bits per heavy atom. The minimum atomic E-state index is -3.77. The van der Waals surface area contributed by atoms with Crippen LogP contribution in [0.5, 0.6) is 0 Å². The average molecular weight is 474 g/mol. The van der Waals surface area contributed by atoms with Crippen molar-refractivity contribution in [3.05, 3.63) is 82.1 Å². The fraction of sp³-hybridized carbons (Fsp3) is 0.0500. The highest BCUT2D eigenvalue weighted by Gasteiger charge is 2.24. The van der Waals surface area contributed by atoms with E-state index in [9.17, 15) is 8.42 Å². The summed E-state index contributed by atoms with van der Waals surface area (Å²) in [6.07, 6.45) is 1.58. The number of hydrogen-bond acceptors (Lipinski definition) is 3. The normalized spacial score (nSPS) is 11.8. The first-order valence-corrected chi connectivity index (χ1v) is 10.5. The lowest BCUT2D eigenvalue weighted by atomic mass is 10.1. The van der Waals surface area contributed by atoms with E-state index in [2.05, 4.69) is 27.7 Å². The molecule has 0 aliphatic carbocycles. The predicted octanol–water partition coefficient (Wildman–Crippen LogP) is 4.85. The van der Waals surface area contributed by atoms with E-state index in [-0.39, 0.29) is 4.90 Å². The van der Waals surface area contributed by atoms with Crippen molar-refractivity contribution >= 4 is 43.4 Å². The van der Waals surface area contributed by atoms with Gasteiger partial charge in [-0.2, -0.15) is 17.6 Å². The van der Waals surface area contributed by atoms with Gasteiger partial charge in [0, 0.05) is 5.56 Å². The summed E-state index contributed by atoms with van der Waals surface area (Å²) in [6.45, 7) is 1.92. The number of fused-ring (bicyclic) bond motifs is 1. The minimum Gasteiger partial charge on any atom is -0.199 e. The van der Waals surface area contributed by atoms with Gasteiger partial charge in [0.2, 0.25) is 0 Å². The Morgan fingerprint density at radius 1 is 0.923 bits per heavy atom. The molecule has 0 saturated heterocycles. The van der Waals surface area contributed by atoms with E-state index >= 15 is 0 Å². The molecule has 0 amide bonds. The van der Waals surface area contributed by atoms with Crippen LogP contribution in [-0.2, 0) is 10.0 Å². The maximum atomic E-state index is 13.1. The second-order valence-electron chi connectivity index (χ2n) is 6.06. The summed E-state index contributed by atoms with van der Waals surface area (Å²) in [5, 5.41) is 6.33. The van der Waals surface area contributed by atoms with Crippen LogP contribution in [0, 0.1) is 10.5 Å². The maximum Gasteiger partial charge on any atom is 0.283 e. The Bertz CT molecular complexity index is 1210. The Kier molecular flexibility index (Phi) is 4.32. The van der Waals surface area contributed by atoms with E-state index in [4.69, 9.17) is 0 Å². The Balaban J connectivity index is 1.91. The minimum absolute atomic E-state index is 0.227. The molecule has 1 aromatic heterocycles. The van der Waals surface area contributed by atoms with Gasteiger partial charge in [-0.3, -0.25) is 0 Å². The summed E-state index contributed by atoms with van der Waals surface area (Å²) < 4.78 is 28.1. The highest BCUT2D eigenvalue weighted by atomic mass is 127. The van der Waals surface area contributed by atoms with Crippen LogP contribution in [0.15, 0.2) is 77.8 Å². The lowest BCUT2D eigenvalue weighted by Crippen LogP contribution is -2.16. The smallest absolute Gasteiger partial charge is 0.199 e. The van der Waals surface area contributed by atoms with Crippen molar-refractivity contribution in [2.75, 3.05) is 0 Å². The van der Waals surface area contributed by atoms with Crippen molar-refractivity contribution in [1.82, 2.24) is 9.19 Å². The van der Waals surface area contributed by atoms with E-state index in [1.54, 1.807) is 30.5 Å². The molecule has 0 bridgehead atoms. The summed E-state index contributed by atoms with van der Waals surface area (Å²) in [4.78, 5) is 0.227. The quantitative estimate of drug-likeness (QED) is 0.399. The van der Waals surface area contributed by atoms with Gasteiger partial charge in [0.25, 0.3) is 10.0 Å². The zero-order chi connectivity index (χ0) is 18.3. The van der Waals surface area contributed by atoms with Gasteiger partial charge in [0.1, 0.15) is 0 Å². The van der Waals surface area contributed by atoms with Gasteiger partial charge in [-0.15, -0.1) is 0 Å². The highest BCUT2D eigenvalue weighted by molar-refractivity contribution is 14.1. The number of aryl methyl sites for hydroxylation is 1. The van der Waals surface area contributed by atoms with Crippen LogP contribution in [0.2, 0.25) is 0 Å². The molecular formula is C20H15IN2O2S. The Labute approximate surface area is 165 Å². The van der Waals surface area contributed by atoms with Gasteiger partial charge >= 0.3 is 0 Å². The number of aromatic nitrogens is 2. The van der Waals surface area contributed by atoms with Crippen molar-refractivity contribution < 1.29 is 8.42 Å². The SMILES string of the molecule is Cc1ccc(S(=O)(=O)n2ncc(I)c2-c2ccc3ccccc3c2)cc1. The average Bonchev–Trinajstić information content (AvgIpc) is 3.04. The first-order valence-electron chi connectivity index (χ1n) is 8.02. The van der Waals surface area contributed by atoms with Crippen LogP contribution in [-0.4, -0.2) is 17.6 Å². The molecule has 0 fully saturated rings. The molecule has 0 spiro atoms. The van der Waals surface area contributed by atoms with Crippen LogP contribution >= 0.6 is 22.6 Å². The maximum absolute atomic E-state index is 13.1. The summed E-state index contributed by atoms with van der Waals surface area (Å²) in [7, 11) is -3.77. The zero-order valence-electron chi connectivity index (χ0n) is 13.9. The van der Waals surface area contributed by atoms with Gasteiger partial charge in [0.15, 0.2) is 0 Å². The molecule has 4 aromatic rings. The van der Waals surface area contributed by atoms with E-state index in [0.717, 1.165) is 29.6 Å². The summed E-state index contributed by atoms with van der Waals surface area (Å²) in [6, 6.07) is 20.7. The van der Waals surface area contributed by atoms with E-state index < -0.39 is 10.0 Å². The molecule has 0 aliphatic rings. The van der Waals surface area contributed by atoms with Crippen molar-refractivity contribution in [2.24, 2.45) is 0 Å². The first kappa shape index (κ1) is 17.2. The number of nitrogens with zero attached hydrogens (tertiary/aromatic N) is 2. The molecule has 130 valence electrons. The summed E-state index contributed by atoms with van der Waals surface area (Å²) >= 11 is 2.13. The molecule has 0 atom stereocenters. The van der Waals surface area contributed by atoms with Crippen molar-refractivity contribution in [1.29, 1.82) is 0 Å². The molecule has 0 aliphatic heterocycles. The lowest BCUT2D eigenvalue weighted by Gasteiger charge is -2.11. The van der Waals surface area contributed by atoms with Crippen molar-refractivity contribution in [2.45, 2.75) is 11.8 Å². The second kappa shape index (κ2) is 6.51. The molecule has 0 unspecified atom stereocenters. The predicted molar refractivity (Wildman–Crippen MR) is 112 cm³/mol. The molecule has 6 heteroatoms. The molecule has 0 N–H and O–H groups in total. The molecule has 1 heterocycles. The van der Waals surface area contributed by atoms with Gasteiger partial charge in [-0.1, -0.05) is 54.1 Å². The molecule has 26 heavy (non-hydrogen) atoms. The van der Waals surface area contributed by atoms with Gasteiger partial charge in [0.05, 0.1) is 20.4 Å². The monoisotopic (exact) mass is 474 g/mol. The largest absolute Gasteiger partial charge is 0.283 e. The van der Waals surface area contributed by atoms with Crippen LogP contribution in [0.4, 0.5) is 0 Å². The van der Waals surface area contributed by atoms with E-state index in [0.29, 0.717) is 5.69 Å². The standard InChI is InChI=1S/C20H15IN2O2S/c1-14-6-10-18(11-7-14)26(24,25)23-20(19(21)13-22-23)17-9-8-15-4-2-3-5-16(15)12-17/h2-13H,1H3. The number of rotatable bonds is 3. The number of benzene rings is 3. The molecule has 4 nitrogen and oxygen atoms in total. The Hall–Kier alpha value is -2.19. The van der Waals surface area contributed by atoms with Gasteiger partial charge < -0.3 is 0 Å². The molecule has 3 aromatic carbocycles. The van der Waals surface area contributed by atoms with Crippen molar-refractivity contribution in [3.8, 4) is 11.3 Å². The van der Waals surface area contributed by atoms with Crippen molar-refractivity contribution in [3.63, 3.8) is 0 Å². The van der Waals surface area contributed by atoms with Gasteiger partial charge in [-0.05, 0) is 58.5 Å². The highest BCUT2D eigenvalue weighted by Crippen LogP contribution is 2.30. The topological polar surface area (TPSA) is 52.0 Å². The molecule has 0 saturated carbocycles. The van der Waals surface area contributed by atoms with Crippen LogP contribution in [0.3, 0.4) is 0 Å². The van der Waals surface area contributed by atoms with E-state index in [1.807, 2.05) is 49.4 Å². The first-order chi connectivity index (χ1) is 12.5. The second-order valence-corrected chi connectivity index (χ2v) is 8.99. The van der Waals surface area contributed by atoms with E-state index in [1.165, 1.54) is 0 Å². The molecule has 0 radical (unpaired) electrons. The third kappa shape index (κ3) is 2.93. The fourth-order valence-corrected chi connectivity index (χ4v) is 5.01. The lowest BCUT2D eigenvalue weighted by molar-refractivity contribution is 0.581. The Morgan fingerprint density at radius 3 is 2.35 bits per heavy atom. The molecular weight excluding hydrogens is 459 g/mol. The van der Waals surface area contributed by atoms with Gasteiger partial charge in [-0.25, -0.2) is 0 Å².